The summed E-state index contributed by atoms with van der Waals surface area (Å²) in [6.45, 7) is 3.29. The number of benzene rings is 2. The van der Waals surface area contributed by atoms with E-state index in [4.69, 9.17) is 5.73 Å². The van der Waals surface area contributed by atoms with Gasteiger partial charge < -0.3 is 10.6 Å². The van der Waals surface area contributed by atoms with E-state index in [0.717, 1.165) is 12.0 Å². The van der Waals surface area contributed by atoms with E-state index in [1.54, 1.807) is 36.1 Å². The highest BCUT2D eigenvalue weighted by Crippen LogP contribution is 2.10. The van der Waals surface area contributed by atoms with Crippen molar-refractivity contribution in [3.05, 3.63) is 71.3 Å². The van der Waals surface area contributed by atoms with Crippen molar-refractivity contribution < 1.29 is 13.2 Å². The number of nitrogens with one attached hydrogen (secondary N) is 1. The number of nitrogens with two attached hydrogens (primary N) is 1. The van der Waals surface area contributed by atoms with E-state index in [9.17, 15) is 13.2 Å². The fourth-order valence-electron chi connectivity index (χ4n) is 2.62. The Balaban J connectivity index is 2.00. The largest absolute Gasteiger partial charge is 0.337 e. The van der Waals surface area contributed by atoms with Crippen molar-refractivity contribution >= 4 is 15.9 Å². The molecule has 0 atom stereocenters. The van der Waals surface area contributed by atoms with Crippen molar-refractivity contribution in [1.82, 2.24) is 9.62 Å². The molecule has 1 amide bonds. The number of hydrogen-bond acceptors (Lipinski definition) is 4. The minimum Gasteiger partial charge on any atom is -0.337 e. The van der Waals surface area contributed by atoms with Crippen molar-refractivity contribution in [3.8, 4) is 0 Å². The van der Waals surface area contributed by atoms with Crippen LogP contribution in [-0.2, 0) is 23.0 Å². The van der Waals surface area contributed by atoms with Gasteiger partial charge in [0.05, 0.1) is 5.75 Å². The molecule has 0 bridgehead atoms. The molecule has 0 spiro atoms. The summed E-state index contributed by atoms with van der Waals surface area (Å²) < 4.78 is 25.5. The molecule has 0 fully saturated rings. The van der Waals surface area contributed by atoms with Gasteiger partial charge >= 0.3 is 0 Å². The number of amides is 1. The quantitative estimate of drug-likeness (QED) is 0.648. The summed E-state index contributed by atoms with van der Waals surface area (Å²) in [6.07, 6.45) is 0.767. The van der Waals surface area contributed by atoms with Crippen LogP contribution in [0.3, 0.4) is 0 Å². The molecule has 0 heterocycles. The topological polar surface area (TPSA) is 92.5 Å². The lowest BCUT2D eigenvalue weighted by atomic mass is 10.1. The monoisotopic (exact) mass is 389 g/mol. The van der Waals surface area contributed by atoms with Gasteiger partial charge in [0.15, 0.2) is 0 Å². The molecule has 2 aromatic carbocycles. The minimum atomic E-state index is -3.24. The standard InChI is InChI=1S/C20H27N3O3S/c1-2-27(25,26)22-16-18-8-10-19(11-9-18)20(24)23(15-13-21)14-12-17-6-4-3-5-7-17/h3-11,22H,2,12-16,21H2,1H3. The summed E-state index contributed by atoms with van der Waals surface area (Å²) >= 11 is 0. The zero-order valence-corrected chi connectivity index (χ0v) is 16.4. The number of sulfonamides is 1. The Hall–Kier alpha value is -2.22. The fourth-order valence-corrected chi connectivity index (χ4v) is 3.21. The van der Waals surface area contributed by atoms with Crippen LogP contribution < -0.4 is 10.5 Å². The summed E-state index contributed by atoms with van der Waals surface area (Å²) in [6, 6.07) is 17.0. The van der Waals surface area contributed by atoms with E-state index in [1.807, 2.05) is 30.3 Å². The van der Waals surface area contributed by atoms with Crippen molar-refractivity contribution in [2.45, 2.75) is 19.9 Å². The van der Waals surface area contributed by atoms with Crippen LogP contribution in [0.2, 0.25) is 0 Å². The average Bonchev–Trinajstić information content (AvgIpc) is 2.70. The molecular weight excluding hydrogens is 362 g/mol. The number of hydrogen-bond donors (Lipinski definition) is 2. The summed E-state index contributed by atoms with van der Waals surface area (Å²) in [5.41, 5.74) is 8.22. The molecule has 3 N–H and O–H groups in total. The second-order valence-electron chi connectivity index (χ2n) is 6.24. The Kier molecular flexibility index (Phi) is 7.97. The van der Waals surface area contributed by atoms with E-state index < -0.39 is 10.0 Å². The van der Waals surface area contributed by atoms with Crippen molar-refractivity contribution in [3.63, 3.8) is 0 Å². The van der Waals surface area contributed by atoms with Crippen molar-refractivity contribution in [2.75, 3.05) is 25.4 Å². The zero-order chi connectivity index (χ0) is 19.7. The van der Waals surface area contributed by atoms with Gasteiger partial charge in [-0.05, 0) is 36.6 Å². The summed E-state index contributed by atoms with van der Waals surface area (Å²) in [5.74, 6) is -0.0315. The molecule has 0 unspecified atom stereocenters. The molecule has 0 saturated heterocycles. The molecule has 0 aliphatic carbocycles. The highest BCUT2D eigenvalue weighted by molar-refractivity contribution is 7.89. The lowest BCUT2D eigenvalue weighted by Gasteiger charge is -2.22. The van der Waals surface area contributed by atoms with Gasteiger partial charge in [0.25, 0.3) is 5.91 Å². The van der Waals surface area contributed by atoms with Gasteiger partial charge in [-0.15, -0.1) is 0 Å². The molecule has 6 nitrogen and oxygen atoms in total. The van der Waals surface area contributed by atoms with E-state index in [-0.39, 0.29) is 18.2 Å². The first-order chi connectivity index (χ1) is 12.9. The second-order valence-corrected chi connectivity index (χ2v) is 8.33. The lowest BCUT2D eigenvalue weighted by molar-refractivity contribution is 0.0762. The first-order valence-corrected chi connectivity index (χ1v) is 10.7. The van der Waals surface area contributed by atoms with E-state index in [1.165, 1.54) is 5.56 Å². The molecule has 2 rings (SSSR count). The average molecular weight is 390 g/mol. The number of carbonyl (C=O) groups excluding carboxylic acids is 1. The molecule has 7 heteroatoms. The molecule has 0 saturated carbocycles. The van der Waals surface area contributed by atoms with Crippen LogP contribution in [0.25, 0.3) is 0 Å². The van der Waals surface area contributed by atoms with Gasteiger partial charge in [-0.1, -0.05) is 42.5 Å². The van der Waals surface area contributed by atoms with Crippen LogP contribution in [0.4, 0.5) is 0 Å². The maximum atomic E-state index is 12.8. The highest BCUT2D eigenvalue weighted by atomic mass is 32.2. The summed E-state index contributed by atoms with van der Waals surface area (Å²) in [5, 5.41) is 0. The zero-order valence-electron chi connectivity index (χ0n) is 15.6. The summed E-state index contributed by atoms with van der Waals surface area (Å²) in [4.78, 5) is 14.5. The van der Waals surface area contributed by atoms with Crippen LogP contribution in [0.1, 0.15) is 28.4 Å². The molecule has 0 aliphatic heterocycles. The van der Waals surface area contributed by atoms with Crippen LogP contribution in [-0.4, -0.2) is 44.6 Å². The normalized spacial score (nSPS) is 11.3. The molecule has 0 radical (unpaired) electrons. The Morgan fingerprint density at radius 3 is 2.26 bits per heavy atom. The smallest absolute Gasteiger partial charge is 0.253 e. The number of nitrogens with zero attached hydrogens (tertiary/aromatic N) is 1. The third kappa shape index (κ3) is 6.78. The Morgan fingerprint density at radius 1 is 1.00 bits per heavy atom. The number of carbonyl (C=O) groups is 1. The van der Waals surface area contributed by atoms with E-state index in [2.05, 4.69) is 4.72 Å². The lowest BCUT2D eigenvalue weighted by Crippen LogP contribution is -2.37. The van der Waals surface area contributed by atoms with Gasteiger partial charge in [0, 0.05) is 31.7 Å². The summed E-state index contributed by atoms with van der Waals surface area (Å²) in [7, 11) is -3.24. The number of rotatable bonds is 10. The van der Waals surface area contributed by atoms with Gasteiger partial charge in [-0.3, -0.25) is 4.79 Å². The van der Waals surface area contributed by atoms with Crippen LogP contribution in [0.5, 0.6) is 0 Å². The Morgan fingerprint density at radius 2 is 1.67 bits per heavy atom. The molecule has 0 aromatic heterocycles. The third-order valence-corrected chi connectivity index (χ3v) is 5.62. The van der Waals surface area contributed by atoms with Crippen LogP contribution in [0, 0.1) is 0 Å². The maximum absolute atomic E-state index is 12.8. The van der Waals surface area contributed by atoms with Crippen LogP contribution in [0.15, 0.2) is 54.6 Å². The molecular formula is C20H27N3O3S. The van der Waals surface area contributed by atoms with Gasteiger partial charge in [-0.2, -0.15) is 0 Å². The second kappa shape index (κ2) is 10.2. The SMILES string of the molecule is CCS(=O)(=O)NCc1ccc(C(=O)N(CCN)CCc2ccccc2)cc1. The van der Waals surface area contributed by atoms with E-state index in [0.29, 0.717) is 25.2 Å². The first kappa shape index (κ1) is 21.1. The van der Waals surface area contributed by atoms with E-state index >= 15 is 0 Å². The van der Waals surface area contributed by atoms with Gasteiger partial charge in [-0.25, -0.2) is 13.1 Å². The van der Waals surface area contributed by atoms with Gasteiger partial charge in [0.2, 0.25) is 10.0 Å². The Bertz CT molecular complexity index is 821. The fraction of sp³-hybridized carbons (Fsp3) is 0.350. The third-order valence-electron chi connectivity index (χ3n) is 4.28. The van der Waals surface area contributed by atoms with Crippen molar-refractivity contribution in [1.29, 1.82) is 0 Å². The van der Waals surface area contributed by atoms with Gasteiger partial charge in [0.1, 0.15) is 0 Å². The first-order valence-electron chi connectivity index (χ1n) is 9.04. The highest BCUT2D eigenvalue weighted by Gasteiger charge is 2.15. The predicted molar refractivity (Wildman–Crippen MR) is 108 cm³/mol. The molecule has 27 heavy (non-hydrogen) atoms. The Labute approximate surface area is 161 Å². The minimum absolute atomic E-state index is 0.0407. The molecule has 0 aliphatic rings. The van der Waals surface area contributed by atoms with Crippen molar-refractivity contribution in [2.24, 2.45) is 5.73 Å². The van der Waals surface area contributed by atoms with Crippen LogP contribution >= 0.6 is 0 Å². The maximum Gasteiger partial charge on any atom is 0.253 e. The molecule has 2 aromatic rings. The molecule has 146 valence electrons. The predicted octanol–water partition coefficient (Wildman–Crippen LogP) is 1.77.